The van der Waals surface area contributed by atoms with Gasteiger partial charge in [0.25, 0.3) is 0 Å². The van der Waals surface area contributed by atoms with E-state index in [-0.39, 0.29) is 18.5 Å². The third-order valence-electron chi connectivity index (χ3n) is 3.33. The van der Waals surface area contributed by atoms with E-state index in [0.29, 0.717) is 6.42 Å². The van der Waals surface area contributed by atoms with Gasteiger partial charge >= 0.3 is 5.97 Å². The van der Waals surface area contributed by atoms with Crippen molar-refractivity contribution in [1.29, 1.82) is 0 Å². The van der Waals surface area contributed by atoms with E-state index in [9.17, 15) is 9.90 Å². The molecule has 4 nitrogen and oxygen atoms in total. The van der Waals surface area contributed by atoms with E-state index in [2.05, 4.69) is 0 Å². The number of rotatable bonds is 1. The minimum absolute atomic E-state index is 0.130. The van der Waals surface area contributed by atoms with Crippen LogP contribution in [0, 0.1) is 0 Å². The average Bonchev–Trinajstić information content (AvgIpc) is 2.34. The van der Waals surface area contributed by atoms with Gasteiger partial charge in [0.15, 0.2) is 0 Å². The molecule has 17 heavy (non-hydrogen) atoms. The van der Waals surface area contributed by atoms with E-state index in [4.69, 9.17) is 9.47 Å². The molecule has 4 atom stereocenters. The molecular weight excluding hydrogens is 220 g/mol. The molecule has 4 heteroatoms. The summed E-state index contributed by atoms with van der Waals surface area (Å²) < 4.78 is 10.9. The molecule has 2 aliphatic heterocycles. The normalized spacial score (nSPS) is 36.4. The number of carbonyl (C=O) groups is 1. The standard InChI is InChI=1S/C13H14O4/c14-11-7-9-6-10(17-11)12(15)13(16-9)8-4-2-1-3-5-8/h1-5,9-10,12-13,15H,6-7H2/t9-,10-,12-,13-/m1/s1. The van der Waals surface area contributed by atoms with Gasteiger partial charge in [-0.05, 0) is 5.56 Å². The van der Waals surface area contributed by atoms with Gasteiger partial charge in [0.1, 0.15) is 18.3 Å². The van der Waals surface area contributed by atoms with E-state index >= 15 is 0 Å². The molecule has 1 N–H and O–H groups in total. The second-order valence-corrected chi connectivity index (χ2v) is 4.55. The summed E-state index contributed by atoms with van der Waals surface area (Å²) >= 11 is 0. The topological polar surface area (TPSA) is 55.8 Å². The van der Waals surface area contributed by atoms with Crippen molar-refractivity contribution in [3.05, 3.63) is 35.9 Å². The summed E-state index contributed by atoms with van der Waals surface area (Å²) in [7, 11) is 0. The van der Waals surface area contributed by atoms with Gasteiger partial charge < -0.3 is 14.6 Å². The van der Waals surface area contributed by atoms with Gasteiger partial charge in [-0.2, -0.15) is 0 Å². The Labute approximate surface area is 99.2 Å². The van der Waals surface area contributed by atoms with E-state index in [1.807, 2.05) is 30.3 Å². The monoisotopic (exact) mass is 234 g/mol. The molecule has 2 bridgehead atoms. The molecule has 2 saturated heterocycles. The Morgan fingerprint density at radius 2 is 2.00 bits per heavy atom. The van der Waals surface area contributed by atoms with Crippen molar-refractivity contribution < 1.29 is 19.4 Å². The number of hydrogen-bond acceptors (Lipinski definition) is 4. The molecule has 0 radical (unpaired) electrons. The molecule has 2 aliphatic rings. The third kappa shape index (κ3) is 1.94. The summed E-state index contributed by atoms with van der Waals surface area (Å²) in [6.45, 7) is 0. The second kappa shape index (κ2) is 4.13. The highest BCUT2D eigenvalue weighted by Gasteiger charge is 2.44. The Hall–Kier alpha value is -1.39. The smallest absolute Gasteiger partial charge is 0.308 e. The van der Waals surface area contributed by atoms with Gasteiger partial charge in [-0.1, -0.05) is 30.3 Å². The van der Waals surface area contributed by atoms with Crippen LogP contribution in [0.2, 0.25) is 0 Å². The quantitative estimate of drug-likeness (QED) is 0.742. The first-order valence-corrected chi connectivity index (χ1v) is 5.82. The zero-order chi connectivity index (χ0) is 11.8. The number of esters is 1. The third-order valence-corrected chi connectivity index (χ3v) is 3.33. The van der Waals surface area contributed by atoms with Crippen molar-refractivity contribution in [3.63, 3.8) is 0 Å². The molecule has 0 aliphatic carbocycles. The Morgan fingerprint density at radius 3 is 2.76 bits per heavy atom. The van der Waals surface area contributed by atoms with Gasteiger partial charge in [-0.15, -0.1) is 0 Å². The van der Waals surface area contributed by atoms with Gasteiger partial charge in [0.2, 0.25) is 0 Å². The number of hydrogen-bond donors (Lipinski definition) is 1. The first-order valence-electron chi connectivity index (χ1n) is 5.82. The Kier molecular flexibility index (Phi) is 2.61. The van der Waals surface area contributed by atoms with Crippen LogP contribution in [0.1, 0.15) is 24.5 Å². The van der Waals surface area contributed by atoms with Crippen LogP contribution in [-0.4, -0.2) is 29.4 Å². The van der Waals surface area contributed by atoms with Gasteiger partial charge in [0.05, 0.1) is 12.5 Å². The summed E-state index contributed by atoms with van der Waals surface area (Å²) in [6.07, 6.45) is -0.857. The van der Waals surface area contributed by atoms with Gasteiger partial charge in [-0.3, -0.25) is 4.79 Å². The maximum Gasteiger partial charge on any atom is 0.308 e. The van der Waals surface area contributed by atoms with Crippen molar-refractivity contribution in [2.75, 3.05) is 0 Å². The molecule has 1 aromatic carbocycles. The highest BCUT2D eigenvalue weighted by Crippen LogP contribution is 2.37. The van der Waals surface area contributed by atoms with Crippen molar-refractivity contribution in [2.45, 2.75) is 37.3 Å². The number of ether oxygens (including phenoxy) is 2. The lowest BCUT2D eigenvalue weighted by atomic mass is 9.90. The number of fused-ring (bicyclic) bond motifs is 2. The molecule has 2 heterocycles. The maximum absolute atomic E-state index is 11.3. The molecule has 3 rings (SSSR count). The first kappa shape index (κ1) is 10.7. The molecule has 0 aromatic heterocycles. The van der Waals surface area contributed by atoms with Crippen molar-refractivity contribution >= 4 is 5.97 Å². The summed E-state index contributed by atoms with van der Waals surface area (Å²) in [6, 6.07) is 9.55. The van der Waals surface area contributed by atoms with Crippen LogP contribution in [0.25, 0.3) is 0 Å². The zero-order valence-corrected chi connectivity index (χ0v) is 9.28. The van der Waals surface area contributed by atoms with E-state index in [0.717, 1.165) is 5.56 Å². The molecular formula is C13H14O4. The van der Waals surface area contributed by atoms with E-state index in [1.54, 1.807) is 0 Å². The van der Waals surface area contributed by atoms with Crippen molar-refractivity contribution in [2.24, 2.45) is 0 Å². The Balaban J connectivity index is 1.86. The number of aliphatic hydroxyl groups is 1. The number of carbonyl (C=O) groups excluding carboxylic acids is 1. The van der Waals surface area contributed by atoms with Crippen LogP contribution in [0.5, 0.6) is 0 Å². The largest absolute Gasteiger partial charge is 0.459 e. The molecule has 90 valence electrons. The Bertz CT molecular complexity index is 417. The zero-order valence-electron chi connectivity index (χ0n) is 9.28. The minimum atomic E-state index is -0.780. The van der Waals surface area contributed by atoms with Crippen LogP contribution in [0.15, 0.2) is 30.3 Å². The summed E-state index contributed by atoms with van der Waals surface area (Å²) in [5, 5.41) is 10.1. The van der Waals surface area contributed by atoms with Crippen LogP contribution in [0.4, 0.5) is 0 Å². The number of benzene rings is 1. The van der Waals surface area contributed by atoms with Gasteiger partial charge in [0, 0.05) is 6.42 Å². The minimum Gasteiger partial charge on any atom is -0.459 e. The number of aliphatic hydroxyl groups excluding tert-OH is 1. The molecule has 0 spiro atoms. The average molecular weight is 234 g/mol. The van der Waals surface area contributed by atoms with Crippen LogP contribution in [-0.2, 0) is 14.3 Å². The fourth-order valence-electron chi connectivity index (χ4n) is 2.51. The predicted molar refractivity (Wildman–Crippen MR) is 59.2 cm³/mol. The molecule has 1 aromatic rings. The van der Waals surface area contributed by atoms with E-state index in [1.165, 1.54) is 0 Å². The lowest BCUT2D eigenvalue weighted by Crippen LogP contribution is -2.50. The second-order valence-electron chi connectivity index (χ2n) is 4.55. The SMILES string of the molecule is O=C1C[C@H]2C[C@@H](O1)[C@@H](O)[C@@H](c1ccccc1)O2. The summed E-state index contributed by atoms with van der Waals surface area (Å²) in [5.41, 5.74) is 0.924. The fourth-order valence-corrected chi connectivity index (χ4v) is 2.51. The van der Waals surface area contributed by atoms with Crippen molar-refractivity contribution in [1.82, 2.24) is 0 Å². The summed E-state index contributed by atoms with van der Waals surface area (Å²) in [4.78, 5) is 11.3. The first-order chi connectivity index (χ1) is 8.24. The van der Waals surface area contributed by atoms with Crippen LogP contribution >= 0.6 is 0 Å². The lowest BCUT2D eigenvalue weighted by Gasteiger charge is -2.42. The molecule has 2 fully saturated rings. The molecule has 0 saturated carbocycles. The van der Waals surface area contributed by atoms with Gasteiger partial charge in [-0.25, -0.2) is 0 Å². The predicted octanol–water partition coefficient (Wildman–Crippen LogP) is 1.19. The van der Waals surface area contributed by atoms with Crippen molar-refractivity contribution in [3.8, 4) is 0 Å². The molecule has 0 amide bonds. The lowest BCUT2D eigenvalue weighted by molar-refractivity contribution is -0.218. The highest BCUT2D eigenvalue weighted by atomic mass is 16.6. The molecule has 0 unspecified atom stereocenters. The Morgan fingerprint density at radius 1 is 1.24 bits per heavy atom. The van der Waals surface area contributed by atoms with Crippen LogP contribution < -0.4 is 0 Å². The highest BCUT2D eigenvalue weighted by molar-refractivity contribution is 5.71. The van der Waals surface area contributed by atoms with E-state index < -0.39 is 18.3 Å². The van der Waals surface area contributed by atoms with Crippen LogP contribution in [0.3, 0.4) is 0 Å². The fraction of sp³-hybridized carbons (Fsp3) is 0.462. The maximum atomic E-state index is 11.3. The summed E-state index contributed by atoms with van der Waals surface area (Å²) in [5.74, 6) is -0.281.